The number of anilines is 2. The number of morpholine rings is 1. The van der Waals surface area contributed by atoms with E-state index in [1.54, 1.807) is 12.5 Å². The van der Waals surface area contributed by atoms with Gasteiger partial charge in [-0.25, -0.2) is 19.7 Å². The Morgan fingerprint density at radius 3 is 2.84 bits per heavy atom. The molecule has 2 atom stereocenters. The summed E-state index contributed by atoms with van der Waals surface area (Å²) in [5, 5.41) is 14.9. The molecule has 0 radical (unpaired) electrons. The first-order chi connectivity index (χ1) is 18.1. The molecule has 37 heavy (non-hydrogen) atoms. The molecule has 2 saturated heterocycles. The number of nitrogens with zero attached hydrogens (tertiary/aromatic N) is 5. The van der Waals surface area contributed by atoms with Gasteiger partial charge >= 0.3 is 12.1 Å². The number of thiazole rings is 1. The molecule has 4 heterocycles. The lowest BCUT2D eigenvalue weighted by molar-refractivity contribution is -0.136. The van der Waals surface area contributed by atoms with Gasteiger partial charge in [-0.15, -0.1) is 11.3 Å². The molecule has 12 heteroatoms. The van der Waals surface area contributed by atoms with Gasteiger partial charge in [0.1, 0.15) is 17.2 Å². The first-order valence-electron chi connectivity index (χ1n) is 12.5. The minimum Gasteiger partial charge on any atom is -0.481 e. The zero-order valence-electron chi connectivity index (χ0n) is 20.4. The SMILES string of the molecule is O=C(O)CCNC(=O)OC(c1nccs1)C1CCCN(c2ncnc3cc(N4CCOCC4)ccc23)C1. The average molecular weight is 527 g/mol. The van der Waals surface area contributed by atoms with E-state index in [0.717, 1.165) is 73.1 Å². The summed E-state index contributed by atoms with van der Waals surface area (Å²) in [6.07, 6.45) is 3.75. The van der Waals surface area contributed by atoms with E-state index in [0.29, 0.717) is 6.54 Å². The van der Waals surface area contributed by atoms with E-state index in [1.807, 2.05) is 5.38 Å². The highest BCUT2D eigenvalue weighted by atomic mass is 32.1. The first-order valence-corrected chi connectivity index (χ1v) is 13.3. The van der Waals surface area contributed by atoms with E-state index in [9.17, 15) is 9.59 Å². The fraction of sp³-hybridized carbons (Fsp3) is 0.480. The number of alkyl carbamates (subject to hydrolysis) is 1. The normalized spacial score (nSPS) is 19.0. The molecule has 2 fully saturated rings. The van der Waals surface area contributed by atoms with Crippen LogP contribution in [0.3, 0.4) is 0 Å². The second-order valence-corrected chi connectivity index (χ2v) is 10.0. The Morgan fingerprint density at radius 1 is 1.19 bits per heavy atom. The van der Waals surface area contributed by atoms with Gasteiger partial charge in [0.15, 0.2) is 6.10 Å². The van der Waals surface area contributed by atoms with E-state index >= 15 is 0 Å². The van der Waals surface area contributed by atoms with Crippen LogP contribution in [0.25, 0.3) is 10.9 Å². The summed E-state index contributed by atoms with van der Waals surface area (Å²) in [6, 6.07) is 6.31. The number of hydrogen-bond acceptors (Lipinski definition) is 10. The first kappa shape index (κ1) is 25.2. The van der Waals surface area contributed by atoms with Gasteiger partial charge in [0.2, 0.25) is 0 Å². The van der Waals surface area contributed by atoms with Gasteiger partial charge in [0.05, 0.1) is 25.2 Å². The quantitative estimate of drug-likeness (QED) is 0.452. The van der Waals surface area contributed by atoms with E-state index in [2.05, 4.69) is 48.3 Å². The molecule has 0 bridgehead atoms. The number of piperidine rings is 1. The Hall–Kier alpha value is -3.51. The maximum absolute atomic E-state index is 12.5. The minimum absolute atomic E-state index is 0.00256. The summed E-state index contributed by atoms with van der Waals surface area (Å²) in [5.41, 5.74) is 2.02. The molecule has 5 rings (SSSR count). The largest absolute Gasteiger partial charge is 0.481 e. The molecular formula is C25H30N6O5S. The maximum Gasteiger partial charge on any atom is 0.407 e. The van der Waals surface area contributed by atoms with Crippen molar-refractivity contribution in [1.82, 2.24) is 20.3 Å². The third kappa shape index (κ3) is 6.08. The predicted octanol–water partition coefficient (Wildman–Crippen LogP) is 3.08. The molecular weight excluding hydrogens is 496 g/mol. The van der Waals surface area contributed by atoms with Gasteiger partial charge in [-0.2, -0.15) is 0 Å². The van der Waals surface area contributed by atoms with Crippen molar-refractivity contribution in [1.29, 1.82) is 0 Å². The molecule has 0 saturated carbocycles. The van der Waals surface area contributed by atoms with E-state index < -0.39 is 18.2 Å². The zero-order chi connectivity index (χ0) is 25.6. The number of aromatic nitrogens is 3. The van der Waals surface area contributed by atoms with Crippen LogP contribution >= 0.6 is 11.3 Å². The van der Waals surface area contributed by atoms with Crippen molar-refractivity contribution in [3.05, 3.63) is 41.1 Å². The van der Waals surface area contributed by atoms with Crippen LogP contribution < -0.4 is 15.1 Å². The van der Waals surface area contributed by atoms with Crippen LogP contribution in [0, 0.1) is 5.92 Å². The predicted molar refractivity (Wildman–Crippen MR) is 139 cm³/mol. The number of benzene rings is 1. The van der Waals surface area contributed by atoms with E-state index in [-0.39, 0.29) is 18.9 Å². The summed E-state index contributed by atoms with van der Waals surface area (Å²) in [5.74, 6) is -0.108. The number of rotatable bonds is 8. The highest BCUT2D eigenvalue weighted by molar-refractivity contribution is 7.09. The highest BCUT2D eigenvalue weighted by Gasteiger charge is 2.34. The number of carboxylic acids is 1. The van der Waals surface area contributed by atoms with E-state index in [4.69, 9.17) is 14.6 Å². The summed E-state index contributed by atoms with van der Waals surface area (Å²) >= 11 is 1.44. The number of nitrogens with one attached hydrogen (secondary N) is 1. The van der Waals surface area contributed by atoms with Crippen molar-refractivity contribution < 1.29 is 24.2 Å². The third-order valence-electron chi connectivity index (χ3n) is 6.70. The maximum atomic E-state index is 12.5. The number of aliphatic carboxylic acids is 1. The fourth-order valence-electron chi connectivity index (χ4n) is 4.90. The summed E-state index contributed by atoms with van der Waals surface area (Å²) in [6.45, 7) is 4.66. The minimum atomic E-state index is -0.978. The van der Waals surface area contributed by atoms with Crippen molar-refractivity contribution in [3.8, 4) is 0 Å². The Balaban J connectivity index is 1.33. The monoisotopic (exact) mass is 526 g/mol. The molecule has 2 unspecified atom stereocenters. The van der Waals surface area contributed by atoms with Crippen molar-refractivity contribution in [2.75, 3.05) is 55.7 Å². The zero-order valence-corrected chi connectivity index (χ0v) is 21.2. The highest BCUT2D eigenvalue weighted by Crippen LogP contribution is 2.37. The molecule has 2 aromatic heterocycles. The van der Waals surface area contributed by atoms with Crippen molar-refractivity contribution >= 4 is 45.8 Å². The molecule has 11 nitrogen and oxygen atoms in total. The van der Waals surface area contributed by atoms with Gasteiger partial charge in [-0.05, 0) is 31.0 Å². The van der Waals surface area contributed by atoms with Crippen LogP contribution in [0.5, 0.6) is 0 Å². The Labute approximate surface area is 218 Å². The van der Waals surface area contributed by atoms with Crippen LogP contribution in [0.1, 0.15) is 30.4 Å². The Bertz CT molecular complexity index is 1220. The molecule has 1 amide bonds. The lowest BCUT2D eigenvalue weighted by Gasteiger charge is -2.37. The topological polar surface area (TPSA) is 130 Å². The molecule has 2 N–H and O–H groups in total. The summed E-state index contributed by atoms with van der Waals surface area (Å²) in [4.78, 5) is 41.4. The van der Waals surface area contributed by atoms with Crippen molar-refractivity contribution in [2.45, 2.75) is 25.4 Å². The second kappa shape index (κ2) is 11.7. The van der Waals surface area contributed by atoms with Crippen molar-refractivity contribution in [2.24, 2.45) is 5.92 Å². The van der Waals surface area contributed by atoms with Crippen LogP contribution in [-0.4, -0.2) is 78.1 Å². The number of hydrogen-bond donors (Lipinski definition) is 2. The standard InChI is InChI=1S/C25H30N6O5S/c32-21(33)5-6-27-25(34)36-22(24-26-7-13-37-24)17-2-1-8-31(15-17)23-19-4-3-18(14-20(19)28-16-29-23)30-9-11-35-12-10-30/h3-4,7,13-14,16-17,22H,1-2,5-6,8-12,15H2,(H,27,34)(H,32,33). The number of carbonyl (C=O) groups is 2. The number of carbonyl (C=O) groups excluding carboxylic acids is 1. The summed E-state index contributed by atoms with van der Waals surface area (Å²) in [7, 11) is 0. The van der Waals surface area contributed by atoms with Gasteiger partial charge in [0, 0.05) is 61.3 Å². The molecule has 0 spiro atoms. The molecule has 2 aliphatic heterocycles. The van der Waals surface area contributed by atoms with Crippen molar-refractivity contribution in [3.63, 3.8) is 0 Å². The summed E-state index contributed by atoms with van der Waals surface area (Å²) < 4.78 is 11.3. The fourth-order valence-corrected chi connectivity index (χ4v) is 5.66. The lowest BCUT2D eigenvalue weighted by Crippen LogP contribution is -2.40. The third-order valence-corrected chi connectivity index (χ3v) is 7.53. The Morgan fingerprint density at radius 2 is 2.05 bits per heavy atom. The van der Waals surface area contributed by atoms with Gasteiger partial charge in [-0.3, -0.25) is 4.79 Å². The lowest BCUT2D eigenvalue weighted by atomic mass is 9.92. The molecule has 2 aliphatic rings. The van der Waals surface area contributed by atoms with Gasteiger partial charge in [-0.1, -0.05) is 0 Å². The number of carboxylic acid groups (broad SMARTS) is 1. The Kier molecular flexibility index (Phi) is 7.95. The van der Waals surface area contributed by atoms with Crippen LogP contribution in [0.2, 0.25) is 0 Å². The van der Waals surface area contributed by atoms with Gasteiger partial charge < -0.3 is 29.7 Å². The van der Waals surface area contributed by atoms with Gasteiger partial charge in [0.25, 0.3) is 0 Å². The van der Waals surface area contributed by atoms with Crippen LogP contribution in [0.15, 0.2) is 36.1 Å². The molecule has 1 aromatic carbocycles. The second-order valence-electron chi connectivity index (χ2n) is 9.11. The smallest absolute Gasteiger partial charge is 0.407 e. The number of amides is 1. The average Bonchev–Trinajstić information content (AvgIpc) is 3.46. The number of ether oxygens (including phenoxy) is 2. The molecule has 0 aliphatic carbocycles. The molecule has 3 aromatic rings. The molecule has 196 valence electrons. The number of fused-ring (bicyclic) bond motifs is 1. The van der Waals surface area contributed by atoms with Crippen LogP contribution in [0.4, 0.5) is 16.3 Å². The van der Waals surface area contributed by atoms with Crippen LogP contribution in [-0.2, 0) is 14.3 Å². The van der Waals surface area contributed by atoms with E-state index in [1.165, 1.54) is 11.3 Å².